The molecule has 0 bridgehead atoms. The fourth-order valence-electron chi connectivity index (χ4n) is 2.85. The van der Waals surface area contributed by atoms with Crippen molar-refractivity contribution in [3.8, 4) is 0 Å². The molecule has 1 aromatic rings. The van der Waals surface area contributed by atoms with Crippen LogP contribution >= 0.6 is 0 Å². The van der Waals surface area contributed by atoms with Crippen molar-refractivity contribution < 1.29 is 14.3 Å². The lowest BCUT2D eigenvalue weighted by Gasteiger charge is -2.35. The number of hydrogen-bond acceptors (Lipinski definition) is 4. The van der Waals surface area contributed by atoms with Crippen molar-refractivity contribution in [3.05, 3.63) is 35.9 Å². The number of amides is 2. The van der Waals surface area contributed by atoms with Gasteiger partial charge in [-0.25, -0.2) is 0 Å². The van der Waals surface area contributed by atoms with Gasteiger partial charge in [-0.3, -0.25) is 9.59 Å². The molecule has 1 aliphatic rings. The molecule has 126 valence electrons. The molecule has 0 unspecified atom stereocenters. The molecule has 1 fully saturated rings. The van der Waals surface area contributed by atoms with E-state index in [0.717, 1.165) is 25.9 Å². The van der Waals surface area contributed by atoms with Gasteiger partial charge >= 0.3 is 0 Å². The Labute approximate surface area is 137 Å². The van der Waals surface area contributed by atoms with Crippen molar-refractivity contribution in [2.24, 2.45) is 5.41 Å². The van der Waals surface area contributed by atoms with Crippen molar-refractivity contribution in [2.45, 2.75) is 12.8 Å². The van der Waals surface area contributed by atoms with E-state index in [1.165, 1.54) is 0 Å². The minimum absolute atomic E-state index is 0.00908. The predicted molar refractivity (Wildman–Crippen MR) is 88.2 cm³/mol. The van der Waals surface area contributed by atoms with Crippen LogP contribution in [0.3, 0.4) is 0 Å². The number of nitrogens with one attached hydrogen (secondary N) is 3. The molecular weight excluding hydrogens is 294 g/mol. The molecule has 0 spiro atoms. The molecule has 0 aliphatic carbocycles. The quantitative estimate of drug-likeness (QED) is 0.641. The molecule has 0 aromatic heterocycles. The second kappa shape index (κ2) is 8.64. The van der Waals surface area contributed by atoms with Gasteiger partial charge in [-0.15, -0.1) is 0 Å². The average molecular weight is 319 g/mol. The van der Waals surface area contributed by atoms with Crippen molar-refractivity contribution in [1.29, 1.82) is 0 Å². The molecule has 1 heterocycles. The maximum atomic E-state index is 12.5. The number of benzene rings is 1. The van der Waals surface area contributed by atoms with E-state index in [4.69, 9.17) is 4.74 Å². The van der Waals surface area contributed by atoms with Crippen LogP contribution in [0.15, 0.2) is 30.3 Å². The highest BCUT2D eigenvalue weighted by atomic mass is 16.5. The number of hydrogen-bond donors (Lipinski definition) is 3. The molecule has 1 aromatic carbocycles. The van der Waals surface area contributed by atoms with Crippen LogP contribution < -0.4 is 16.0 Å². The summed E-state index contributed by atoms with van der Waals surface area (Å²) in [4.78, 5) is 24.4. The van der Waals surface area contributed by atoms with Gasteiger partial charge in [0.1, 0.15) is 0 Å². The third-order valence-corrected chi connectivity index (χ3v) is 4.20. The van der Waals surface area contributed by atoms with Crippen LogP contribution in [0, 0.1) is 5.41 Å². The Kier molecular flexibility index (Phi) is 6.55. The van der Waals surface area contributed by atoms with Gasteiger partial charge in [-0.1, -0.05) is 18.2 Å². The second-order valence-corrected chi connectivity index (χ2v) is 5.84. The molecule has 2 amide bonds. The largest absolute Gasteiger partial charge is 0.384 e. The van der Waals surface area contributed by atoms with E-state index in [2.05, 4.69) is 16.0 Å². The molecule has 6 heteroatoms. The first-order chi connectivity index (χ1) is 11.2. The van der Waals surface area contributed by atoms with Crippen molar-refractivity contribution >= 4 is 11.8 Å². The number of methoxy groups -OCH3 is 1. The van der Waals surface area contributed by atoms with Crippen LogP contribution in [0.5, 0.6) is 0 Å². The SMILES string of the molecule is COCC1(C(=O)NCCNC(=O)c2ccccc2)CCNCC1. The second-order valence-electron chi connectivity index (χ2n) is 5.84. The molecule has 3 N–H and O–H groups in total. The van der Waals surface area contributed by atoms with Crippen LogP contribution in [0.4, 0.5) is 0 Å². The highest BCUT2D eigenvalue weighted by Gasteiger charge is 2.39. The lowest BCUT2D eigenvalue weighted by Crippen LogP contribution is -2.51. The summed E-state index contributed by atoms with van der Waals surface area (Å²) in [5.74, 6) is -0.122. The van der Waals surface area contributed by atoms with Crippen LogP contribution in [-0.2, 0) is 9.53 Å². The monoisotopic (exact) mass is 319 g/mol. The van der Waals surface area contributed by atoms with Crippen LogP contribution in [-0.4, -0.2) is 51.7 Å². The fraction of sp³-hybridized carbons (Fsp3) is 0.529. The van der Waals surface area contributed by atoms with Gasteiger partial charge in [0.15, 0.2) is 0 Å². The van der Waals surface area contributed by atoms with E-state index in [9.17, 15) is 9.59 Å². The lowest BCUT2D eigenvalue weighted by molar-refractivity contribution is -0.136. The normalized spacial score (nSPS) is 16.6. The Hall–Kier alpha value is -1.92. The summed E-state index contributed by atoms with van der Waals surface area (Å²) >= 11 is 0. The smallest absolute Gasteiger partial charge is 0.251 e. The molecular formula is C17H25N3O3. The van der Waals surface area contributed by atoms with Crippen LogP contribution in [0.25, 0.3) is 0 Å². The summed E-state index contributed by atoms with van der Waals surface area (Å²) in [6.45, 7) is 2.89. The third-order valence-electron chi connectivity index (χ3n) is 4.20. The summed E-state index contributed by atoms with van der Waals surface area (Å²) in [5, 5.41) is 8.99. The van der Waals surface area contributed by atoms with Gasteiger partial charge in [0.2, 0.25) is 5.91 Å². The van der Waals surface area contributed by atoms with Gasteiger partial charge in [0.05, 0.1) is 12.0 Å². The maximum Gasteiger partial charge on any atom is 0.251 e. The van der Waals surface area contributed by atoms with E-state index in [1.807, 2.05) is 18.2 Å². The van der Waals surface area contributed by atoms with Gasteiger partial charge in [-0.05, 0) is 38.1 Å². The van der Waals surface area contributed by atoms with Crippen molar-refractivity contribution in [1.82, 2.24) is 16.0 Å². The highest BCUT2D eigenvalue weighted by Crippen LogP contribution is 2.29. The van der Waals surface area contributed by atoms with E-state index >= 15 is 0 Å². The Bertz CT molecular complexity index is 508. The number of carbonyl (C=O) groups is 2. The third kappa shape index (κ3) is 4.77. The molecule has 0 atom stereocenters. The molecule has 0 saturated carbocycles. The highest BCUT2D eigenvalue weighted by molar-refractivity contribution is 5.94. The minimum atomic E-state index is -0.455. The van der Waals surface area contributed by atoms with E-state index < -0.39 is 5.41 Å². The maximum absolute atomic E-state index is 12.5. The van der Waals surface area contributed by atoms with E-state index in [0.29, 0.717) is 25.3 Å². The molecule has 2 rings (SSSR count). The molecule has 1 saturated heterocycles. The number of rotatable bonds is 7. The zero-order chi connectivity index (χ0) is 16.5. The summed E-state index contributed by atoms with van der Waals surface area (Å²) in [6, 6.07) is 9.03. The topological polar surface area (TPSA) is 79.5 Å². The van der Waals surface area contributed by atoms with Gasteiger partial charge in [0.25, 0.3) is 5.91 Å². The summed E-state index contributed by atoms with van der Waals surface area (Å²) in [6.07, 6.45) is 1.53. The Morgan fingerprint density at radius 2 is 1.78 bits per heavy atom. The zero-order valence-electron chi connectivity index (χ0n) is 13.6. The van der Waals surface area contributed by atoms with Crippen molar-refractivity contribution in [3.63, 3.8) is 0 Å². The number of ether oxygens (including phenoxy) is 1. The first-order valence-electron chi connectivity index (χ1n) is 7.99. The van der Waals surface area contributed by atoms with Gasteiger partial charge in [-0.2, -0.15) is 0 Å². The standard InChI is InChI=1S/C17H25N3O3/c1-23-13-17(7-9-18-10-8-17)16(22)20-12-11-19-15(21)14-5-3-2-4-6-14/h2-6,18H,7-13H2,1H3,(H,19,21)(H,20,22). The number of piperidine rings is 1. The lowest BCUT2D eigenvalue weighted by atomic mass is 9.78. The number of carbonyl (C=O) groups excluding carboxylic acids is 2. The minimum Gasteiger partial charge on any atom is -0.384 e. The summed E-state index contributed by atoms with van der Waals surface area (Å²) in [7, 11) is 1.62. The van der Waals surface area contributed by atoms with Gasteiger partial charge in [0, 0.05) is 25.8 Å². The van der Waals surface area contributed by atoms with E-state index in [1.54, 1.807) is 19.2 Å². The molecule has 23 heavy (non-hydrogen) atoms. The average Bonchev–Trinajstić information content (AvgIpc) is 2.60. The zero-order valence-corrected chi connectivity index (χ0v) is 13.6. The van der Waals surface area contributed by atoms with Crippen molar-refractivity contribution in [2.75, 3.05) is 39.9 Å². The Morgan fingerprint density at radius 3 is 2.43 bits per heavy atom. The van der Waals surface area contributed by atoms with E-state index in [-0.39, 0.29) is 11.8 Å². The Morgan fingerprint density at radius 1 is 1.13 bits per heavy atom. The molecule has 6 nitrogen and oxygen atoms in total. The first-order valence-corrected chi connectivity index (χ1v) is 7.99. The van der Waals surface area contributed by atoms with Crippen LogP contribution in [0.2, 0.25) is 0 Å². The fourth-order valence-corrected chi connectivity index (χ4v) is 2.85. The first kappa shape index (κ1) is 17.4. The Balaban J connectivity index is 1.76. The van der Waals surface area contributed by atoms with Gasteiger partial charge < -0.3 is 20.7 Å². The summed E-state index contributed by atoms with van der Waals surface area (Å²) < 4.78 is 5.25. The predicted octanol–water partition coefficient (Wildman–Crippen LogP) is 0.549. The summed E-state index contributed by atoms with van der Waals surface area (Å²) in [5.41, 5.74) is 0.164. The molecule has 0 radical (unpaired) electrons. The van der Waals surface area contributed by atoms with Crippen LogP contribution in [0.1, 0.15) is 23.2 Å². The molecule has 1 aliphatic heterocycles.